The third-order valence-electron chi connectivity index (χ3n) is 4.73. The van der Waals surface area contributed by atoms with Gasteiger partial charge < -0.3 is 15.5 Å². The first-order valence-corrected chi connectivity index (χ1v) is 10.7. The molecule has 1 unspecified atom stereocenters. The summed E-state index contributed by atoms with van der Waals surface area (Å²) in [6, 6.07) is 25.5. The van der Waals surface area contributed by atoms with Crippen LogP contribution >= 0.6 is 11.8 Å². The first-order valence-electron chi connectivity index (χ1n) is 9.69. The first-order chi connectivity index (χ1) is 13.7. The molecular formula is C24H27NO2S. The second kappa shape index (κ2) is 10.8. The molecule has 4 heteroatoms. The van der Waals surface area contributed by atoms with Crippen LogP contribution in [0.4, 0.5) is 0 Å². The molecule has 0 aliphatic rings. The van der Waals surface area contributed by atoms with Crippen molar-refractivity contribution >= 4 is 11.8 Å². The van der Waals surface area contributed by atoms with E-state index in [1.54, 1.807) is 30.0 Å². The summed E-state index contributed by atoms with van der Waals surface area (Å²) in [5.41, 5.74) is 2.52. The molecule has 0 heterocycles. The number of hydrogen-bond donors (Lipinski definition) is 3. The van der Waals surface area contributed by atoms with Crippen LogP contribution in [0.2, 0.25) is 0 Å². The van der Waals surface area contributed by atoms with Crippen LogP contribution in [-0.2, 0) is 0 Å². The summed E-state index contributed by atoms with van der Waals surface area (Å²) in [7, 11) is 0. The maximum Gasteiger partial charge on any atom is 0.129 e. The molecule has 0 aromatic heterocycles. The summed E-state index contributed by atoms with van der Waals surface area (Å²) in [6.45, 7) is 1.89. The minimum absolute atomic E-state index is 0.302. The molecule has 146 valence electrons. The van der Waals surface area contributed by atoms with E-state index in [9.17, 15) is 10.2 Å². The second-order valence-electron chi connectivity index (χ2n) is 6.76. The number of phenols is 2. The Bertz CT molecular complexity index is 837. The quantitative estimate of drug-likeness (QED) is 0.319. The molecule has 3 aromatic rings. The van der Waals surface area contributed by atoms with E-state index >= 15 is 0 Å². The number of aromatic hydroxyl groups is 2. The van der Waals surface area contributed by atoms with Crippen LogP contribution in [-0.4, -0.2) is 29.1 Å². The van der Waals surface area contributed by atoms with Crippen molar-refractivity contribution in [1.82, 2.24) is 5.32 Å². The molecule has 0 aliphatic heterocycles. The summed E-state index contributed by atoms with van der Waals surface area (Å²) in [6.07, 6.45) is 2.05. The maximum absolute atomic E-state index is 9.79. The monoisotopic (exact) mass is 393 g/mol. The molecule has 0 fully saturated rings. The Morgan fingerprint density at radius 3 is 2.18 bits per heavy atom. The normalized spacial score (nSPS) is 12.0. The molecular weight excluding hydrogens is 366 g/mol. The van der Waals surface area contributed by atoms with Crippen LogP contribution in [0.5, 0.6) is 11.5 Å². The number of phenolic OH excluding ortho intramolecular Hbond substituents is 2. The Morgan fingerprint density at radius 2 is 1.43 bits per heavy atom. The molecule has 3 aromatic carbocycles. The Balaban J connectivity index is 1.45. The highest BCUT2D eigenvalue weighted by Gasteiger charge is 2.13. The Kier molecular flexibility index (Phi) is 7.82. The summed E-state index contributed by atoms with van der Waals surface area (Å²) in [4.78, 5) is 0.943. The number of para-hydroxylation sites is 1. The molecule has 0 amide bonds. The maximum atomic E-state index is 9.79. The van der Waals surface area contributed by atoms with Gasteiger partial charge in [0.15, 0.2) is 0 Å². The van der Waals surface area contributed by atoms with Crippen molar-refractivity contribution < 1.29 is 10.2 Å². The first kappa shape index (κ1) is 20.3. The van der Waals surface area contributed by atoms with Gasteiger partial charge in [0.1, 0.15) is 11.5 Å². The lowest BCUT2D eigenvalue weighted by molar-refractivity contribution is 0.462. The molecule has 3 rings (SSSR count). The topological polar surface area (TPSA) is 52.5 Å². The van der Waals surface area contributed by atoms with Gasteiger partial charge in [-0.15, -0.1) is 11.8 Å². The molecule has 28 heavy (non-hydrogen) atoms. The van der Waals surface area contributed by atoms with E-state index in [4.69, 9.17) is 0 Å². The molecule has 3 nitrogen and oxygen atoms in total. The van der Waals surface area contributed by atoms with Gasteiger partial charge in [-0.2, -0.15) is 0 Å². The van der Waals surface area contributed by atoms with Gasteiger partial charge in [-0.25, -0.2) is 0 Å². The van der Waals surface area contributed by atoms with Crippen molar-refractivity contribution in [2.45, 2.75) is 23.7 Å². The second-order valence-corrected chi connectivity index (χ2v) is 7.90. The van der Waals surface area contributed by atoms with Crippen LogP contribution in [0.3, 0.4) is 0 Å². The largest absolute Gasteiger partial charge is 0.508 e. The van der Waals surface area contributed by atoms with E-state index in [0.717, 1.165) is 36.6 Å². The van der Waals surface area contributed by atoms with Gasteiger partial charge in [-0.3, -0.25) is 0 Å². The van der Waals surface area contributed by atoms with Crippen molar-refractivity contribution in [3.63, 3.8) is 0 Å². The van der Waals surface area contributed by atoms with E-state index in [-0.39, 0.29) is 0 Å². The average molecular weight is 394 g/mol. The van der Waals surface area contributed by atoms with E-state index in [0.29, 0.717) is 17.4 Å². The molecule has 0 saturated carbocycles. The van der Waals surface area contributed by atoms with Crippen molar-refractivity contribution in [3.05, 3.63) is 90.0 Å². The SMILES string of the molecule is Oc1ccc(C(CCNCCCSc2ccccc2O)c2ccccc2)cc1. The van der Waals surface area contributed by atoms with Gasteiger partial charge in [-0.05, 0) is 67.1 Å². The Morgan fingerprint density at radius 1 is 0.750 bits per heavy atom. The fourth-order valence-electron chi connectivity index (χ4n) is 3.25. The van der Waals surface area contributed by atoms with Gasteiger partial charge in [0.25, 0.3) is 0 Å². The standard InChI is InChI=1S/C24H27NO2S/c26-21-13-11-20(12-14-21)22(19-7-2-1-3-8-19)15-17-25-16-6-18-28-24-10-5-4-9-23(24)27/h1-5,7-14,22,25-27H,6,15-18H2. The lowest BCUT2D eigenvalue weighted by atomic mass is 9.88. The fourth-order valence-corrected chi connectivity index (χ4v) is 4.15. The van der Waals surface area contributed by atoms with Gasteiger partial charge in [0, 0.05) is 10.8 Å². The third kappa shape index (κ3) is 6.04. The Hall–Kier alpha value is -2.43. The van der Waals surface area contributed by atoms with Gasteiger partial charge in [0.05, 0.1) is 0 Å². The van der Waals surface area contributed by atoms with Crippen LogP contribution in [0.1, 0.15) is 29.9 Å². The van der Waals surface area contributed by atoms with E-state index in [2.05, 4.69) is 29.6 Å². The van der Waals surface area contributed by atoms with Crippen molar-refractivity contribution in [1.29, 1.82) is 0 Å². The predicted octanol–water partition coefficient (Wildman–Crippen LogP) is 5.39. The zero-order valence-electron chi connectivity index (χ0n) is 15.9. The number of hydrogen-bond acceptors (Lipinski definition) is 4. The third-order valence-corrected chi connectivity index (χ3v) is 5.88. The van der Waals surface area contributed by atoms with Crippen LogP contribution < -0.4 is 5.32 Å². The molecule has 0 radical (unpaired) electrons. The molecule has 0 bridgehead atoms. The summed E-state index contributed by atoms with van der Waals surface area (Å²) in [5, 5.41) is 22.9. The molecule has 1 atom stereocenters. The van der Waals surface area contributed by atoms with Crippen LogP contribution in [0.25, 0.3) is 0 Å². The van der Waals surface area contributed by atoms with E-state index in [1.807, 2.05) is 36.4 Å². The minimum Gasteiger partial charge on any atom is -0.508 e. The van der Waals surface area contributed by atoms with Crippen molar-refractivity contribution in [3.8, 4) is 11.5 Å². The highest BCUT2D eigenvalue weighted by molar-refractivity contribution is 7.99. The van der Waals surface area contributed by atoms with Crippen molar-refractivity contribution in [2.75, 3.05) is 18.8 Å². The summed E-state index contributed by atoms with van der Waals surface area (Å²) >= 11 is 1.69. The molecule has 0 spiro atoms. The summed E-state index contributed by atoms with van der Waals surface area (Å²) in [5.74, 6) is 1.95. The van der Waals surface area contributed by atoms with Crippen molar-refractivity contribution in [2.24, 2.45) is 0 Å². The van der Waals surface area contributed by atoms with Crippen LogP contribution in [0.15, 0.2) is 83.8 Å². The number of benzene rings is 3. The van der Waals surface area contributed by atoms with Gasteiger partial charge in [0.2, 0.25) is 0 Å². The predicted molar refractivity (Wildman–Crippen MR) is 117 cm³/mol. The zero-order valence-corrected chi connectivity index (χ0v) is 16.7. The highest BCUT2D eigenvalue weighted by atomic mass is 32.2. The van der Waals surface area contributed by atoms with E-state index in [1.165, 1.54) is 11.1 Å². The number of thioether (sulfide) groups is 1. The fraction of sp³-hybridized carbons (Fsp3) is 0.250. The van der Waals surface area contributed by atoms with Crippen LogP contribution in [0, 0.1) is 0 Å². The molecule has 0 aliphatic carbocycles. The highest BCUT2D eigenvalue weighted by Crippen LogP contribution is 2.29. The number of nitrogens with one attached hydrogen (secondary N) is 1. The smallest absolute Gasteiger partial charge is 0.129 e. The zero-order chi connectivity index (χ0) is 19.6. The van der Waals surface area contributed by atoms with Gasteiger partial charge in [-0.1, -0.05) is 54.6 Å². The summed E-state index contributed by atoms with van der Waals surface area (Å²) < 4.78 is 0. The average Bonchev–Trinajstić information content (AvgIpc) is 2.73. The minimum atomic E-state index is 0.302. The molecule has 0 saturated heterocycles. The van der Waals surface area contributed by atoms with E-state index < -0.39 is 0 Å². The lowest BCUT2D eigenvalue weighted by Crippen LogP contribution is -2.19. The lowest BCUT2D eigenvalue weighted by Gasteiger charge is -2.18. The molecule has 3 N–H and O–H groups in total. The number of rotatable bonds is 10. The Labute approximate surface area is 171 Å². The van der Waals surface area contributed by atoms with Gasteiger partial charge >= 0.3 is 0 Å².